The number of amides is 1. The van der Waals surface area contributed by atoms with Gasteiger partial charge in [0.1, 0.15) is 11.5 Å². The van der Waals surface area contributed by atoms with Crippen LogP contribution >= 0.6 is 0 Å². The average molecular weight is 255 g/mol. The molecule has 1 heterocycles. The van der Waals surface area contributed by atoms with Crippen molar-refractivity contribution in [3.63, 3.8) is 0 Å². The summed E-state index contributed by atoms with van der Waals surface area (Å²) in [6.07, 6.45) is 0. The molecule has 5 heteroatoms. The molecule has 0 saturated carbocycles. The van der Waals surface area contributed by atoms with Crippen LogP contribution in [0.5, 0.6) is 0 Å². The van der Waals surface area contributed by atoms with Crippen LogP contribution in [-0.2, 0) is 4.79 Å². The summed E-state index contributed by atoms with van der Waals surface area (Å²) in [6.45, 7) is 0. The second kappa shape index (κ2) is 4.20. The summed E-state index contributed by atoms with van der Waals surface area (Å²) in [6, 6.07) is 11.0. The second-order valence-corrected chi connectivity index (χ2v) is 4.16. The first-order chi connectivity index (χ1) is 9.15. The highest BCUT2D eigenvalue weighted by Crippen LogP contribution is 2.28. The number of carbonyl (C=O) groups is 1. The molecule has 94 valence electrons. The summed E-state index contributed by atoms with van der Waals surface area (Å²) in [5, 5.41) is 2.64. The Morgan fingerprint density at radius 1 is 1.16 bits per heavy atom. The fraction of sp³-hybridized carbons (Fsp3) is 0. The van der Waals surface area contributed by atoms with E-state index in [0.29, 0.717) is 22.6 Å². The number of hydrogen-bond acceptors (Lipinski definition) is 3. The molecule has 0 atom stereocenters. The zero-order valence-corrected chi connectivity index (χ0v) is 9.85. The van der Waals surface area contributed by atoms with Gasteiger partial charge >= 0.3 is 0 Å². The maximum absolute atomic E-state index is 13.3. The van der Waals surface area contributed by atoms with Crippen LogP contribution in [0, 0.1) is 5.82 Å². The number of para-hydroxylation sites is 2. The van der Waals surface area contributed by atoms with Crippen LogP contribution in [0.4, 0.5) is 21.5 Å². The van der Waals surface area contributed by atoms with Gasteiger partial charge in [0.25, 0.3) is 5.91 Å². The van der Waals surface area contributed by atoms with Crippen LogP contribution < -0.4 is 11.1 Å². The lowest BCUT2D eigenvalue weighted by Crippen LogP contribution is -2.14. The van der Waals surface area contributed by atoms with Crippen LogP contribution in [0.25, 0.3) is 0 Å². The molecule has 19 heavy (non-hydrogen) atoms. The molecule has 1 aliphatic heterocycles. The average Bonchev–Trinajstić information content (AvgIpc) is 2.69. The fourth-order valence-corrected chi connectivity index (χ4v) is 1.95. The van der Waals surface area contributed by atoms with E-state index in [9.17, 15) is 9.18 Å². The van der Waals surface area contributed by atoms with Gasteiger partial charge in [0.05, 0.1) is 17.1 Å². The minimum atomic E-state index is -0.413. The van der Waals surface area contributed by atoms with E-state index in [1.807, 2.05) is 0 Å². The lowest BCUT2D eigenvalue weighted by Gasteiger charge is -2.01. The minimum absolute atomic E-state index is 0.174. The maximum atomic E-state index is 13.3. The van der Waals surface area contributed by atoms with E-state index in [2.05, 4.69) is 10.3 Å². The lowest BCUT2D eigenvalue weighted by atomic mass is 10.1. The van der Waals surface area contributed by atoms with Crippen molar-refractivity contribution in [3.8, 4) is 0 Å². The number of halogens is 1. The molecule has 0 aromatic heterocycles. The Kier molecular flexibility index (Phi) is 2.52. The summed E-state index contributed by atoms with van der Waals surface area (Å²) in [5.74, 6) is -0.771. The van der Waals surface area contributed by atoms with Gasteiger partial charge in [-0.05, 0) is 30.3 Å². The predicted molar refractivity (Wildman–Crippen MR) is 72.1 cm³/mol. The standard InChI is InChI=1S/C14H10FN3O/c15-8-5-6-11-9(7-8)13(14(19)18-11)17-12-4-2-1-3-10(12)16/h1-7H,16H2,(H,17,18,19). The smallest absolute Gasteiger partial charge is 0.275 e. The molecule has 1 aliphatic rings. The van der Waals surface area contributed by atoms with E-state index in [4.69, 9.17) is 5.73 Å². The Bertz CT molecular complexity index is 710. The van der Waals surface area contributed by atoms with Crippen molar-refractivity contribution in [2.24, 2.45) is 4.99 Å². The summed E-state index contributed by atoms with van der Waals surface area (Å²) < 4.78 is 13.3. The summed E-state index contributed by atoms with van der Waals surface area (Å²) in [4.78, 5) is 16.1. The van der Waals surface area contributed by atoms with Gasteiger partial charge in [-0.25, -0.2) is 9.38 Å². The van der Waals surface area contributed by atoms with Crippen LogP contribution in [0.15, 0.2) is 47.5 Å². The van der Waals surface area contributed by atoms with Crippen molar-refractivity contribution in [2.75, 3.05) is 11.1 Å². The van der Waals surface area contributed by atoms with E-state index in [-0.39, 0.29) is 11.6 Å². The van der Waals surface area contributed by atoms with Crippen molar-refractivity contribution in [1.82, 2.24) is 0 Å². The fourth-order valence-electron chi connectivity index (χ4n) is 1.95. The molecule has 0 fully saturated rings. The lowest BCUT2D eigenvalue weighted by molar-refractivity contribution is -0.110. The molecule has 0 unspecified atom stereocenters. The highest BCUT2D eigenvalue weighted by atomic mass is 19.1. The summed E-state index contributed by atoms with van der Waals surface area (Å²) >= 11 is 0. The van der Waals surface area contributed by atoms with Crippen molar-refractivity contribution in [3.05, 3.63) is 53.8 Å². The van der Waals surface area contributed by atoms with Crippen molar-refractivity contribution in [2.45, 2.75) is 0 Å². The van der Waals surface area contributed by atoms with E-state index < -0.39 is 5.82 Å². The van der Waals surface area contributed by atoms with Crippen molar-refractivity contribution >= 4 is 28.7 Å². The second-order valence-electron chi connectivity index (χ2n) is 4.16. The third kappa shape index (κ3) is 1.95. The third-order valence-electron chi connectivity index (χ3n) is 2.87. The van der Waals surface area contributed by atoms with Gasteiger partial charge in [0, 0.05) is 5.56 Å². The van der Waals surface area contributed by atoms with Gasteiger partial charge in [0.15, 0.2) is 0 Å². The molecule has 3 N–H and O–H groups in total. The summed E-state index contributed by atoms with van der Waals surface area (Å²) in [5.41, 5.74) is 7.92. The predicted octanol–water partition coefficient (Wildman–Crippen LogP) is 2.48. The molecule has 0 spiro atoms. The molecule has 0 aliphatic carbocycles. The molecule has 0 radical (unpaired) electrons. The first-order valence-corrected chi connectivity index (χ1v) is 5.69. The topological polar surface area (TPSA) is 67.5 Å². The van der Waals surface area contributed by atoms with Gasteiger partial charge in [-0.2, -0.15) is 0 Å². The first kappa shape index (κ1) is 11.4. The quantitative estimate of drug-likeness (QED) is 0.769. The molecular formula is C14H10FN3O. The Labute approximate surface area is 108 Å². The number of nitrogens with two attached hydrogens (primary N) is 1. The van der Waals surface area contributed by atoms with Gasteiger partial charge < -0.3 is 11.1 Å². The van der Waals surface area contributed by atoms with Crippen LogP contribution in [0.2, 0.25) is 0 Å². The normalized spacial score (nSPS) is 15.4. The van der Waals surface area contributed by atoms with Crippen LogP contribution in [-0.4, -0.2) is 11.6 Å². The van der Waals surface area contributed by atoms with Crippen molar-refractivity contribution < 1.29 is 9.18 Å². The number of nitrogens with zero attached hydrogens (tertiary/aromatic N) is 1. The van der Waals surface area contributed by atoms with Gasteiger partial charge in [-0.15, -0.1) is 0 Å². The highest BCUT2D eigenvalue weighted by molar-refractivity contribution is 6.54. The number of benzene rings is 2. The zero-order valence-electron chi connectivity index (χ0n) is 9.85. The molecule has 1 amide bonds. The monoisotopic (exact) mass is 255 g/mol. The zero-order chi connectivity index (χ0) is 13.4. The summed E-state index contributed by atoms with van der Waals surface area (Å²) in [7, 11) is 0. The van der Waals surface area contributed by atoms with Gasteiger partial charge in [-0.1, -0.05) is 12.1 Å². The van der Waals surface area contributed by atoms with Gasteiger partial charge in [-0.3, -0.25) is 4.79 Å². The maximum Gasteiger partial charge on any atom is 0.275 e. The van der Waals surface area contributed by atoms with Crippen LogP contribution in [0.1, 0.15) is 5.56 Å². The highest BCUT2D eigenvalue weighted by Gasteiger charge is 2.26. The number of rotatable bonds is 1. The SMILES string of the molecule is Nc1ccccc1N=C1C(=O)Nc2ccc(F)cc21. The van der Waals surface area contributed by atoms with E-state index in [1.54, 1.807) is 24.3 Å². The van der Waals surface area contributed by atoms with Crippen molar-refractivity contribution in [1.29, 1.82) is 0 Å². The Morgan fingerprint density at radius 3 is 2.74 bits per heavy atom. The molecule has 2 aromatic rings. The minimum Gasteiger partial charge on any atom is -0.397 e. The number of carbonyl (C=O) groups excluding carboxylic acids is 1. The number of nitrogens with one attached hydrogen (secondary N) is 1. The number of anilines is 2. The van der Waals surface area contributed by atoms with Gasteiger partial charge in [0.2, 0.25) is 0 Å². The molecule has 3 rings (SSSR count). The largest absolute Gasteiger partial charge is 0.397 e. The van der Waals surface area contributed by atoms with E-state index in [1.165, 1.54) is 18.2 Å². The van der Waals surface area contributed by atoms with Crippen LogP contribution in [0.3, 0.4) is 0 Å². The number of nitrogen functional groups attached to an aromatic ring is 1. The number of hydrogen-bond donors (Lipinski definition) is 2. The molecule has 0 bridgehead atoms. The Balaban J connectivity index is 2.14. The molecule has 2 aromatic carbocycles. The van der Waals surface area contributed by atoms with E-state index in [0.717, 1.165) is 0 Å². The molecule has 0 saturated heterocycles. The number of fused-ring (bicyclic) bond motifs is 1. The Hall–Kier alpha value is -2.69. The van der Waals surface area contributed by atoms with E-state index >= 15 is 0 Å². The first-order valence-electron chi connectivity index (χ1n) is 5.69. The Morgan fingerprint density at radius 2 is 1.95 bits per heavy atom. The third-order valence-corrected chi connectivity index (χ3v) is 2.87. The number of aliphatic imine (C=N–C) groups is 1. The molecule has 4 nitrogen and oxygen atoms in total. The molecular weight excluding hydrogens is 245 g/mol.